The zero-order chi connectivity index (χ0) is 16.4. The summed E-state index contributed by atoms with van der Waals surface area (Å²) in [6.45, 7) is 5.21. The van der Waals surface area contributed by atoms with Crippen molar-refractivity contribution in [3.8, 4) is 5.75 Å². The van der Waals surface area contributed by atoms with Crippen LogP contribution in [0.4, 0.5) is 4.79 Å². The lowest BCUT2D eigenvalue weighted by molar-refractivity contribution is -0.151. The van der Waals surface area contributed by atoms with Gasteiger partial charge in [-0.1, -0.05) is 18.2 Å². The van der Waals surface area contributed by atoms with Crippen LogP contribution in [0.1, 0.15) is 26.3 Å². The van der Waals surface area contributed by atoms with Crippen molar-refractivity contribution >= 4 is 12.1 Å². The number of nitrogens with one attached hydrogen (secondary N) is 1. The highest BCUT2D eigenvalue weighted by Gasteiger charge is 2.43. The first-order valence-corrected chi connectivity index (χ1v) is 7.13. The van der Waals surface area contributed by atoms with Gasteiger partial charge >= 0.3 is 12.1 Å². The van der Waals surface area contributed by atoms with E-state index in [0.717, 1.165) is 5.56 Å². The van der Waals surface area contributed by atoms with Crippen molar-refractivity contribution in [1.82, 2.24) is 5.32 Å². The van der Waals surface area contributed by atoms with Gasteiger partial charge in [0.1, 0.15) is 23.4 Å². The van der Waals surface area contributed by atoms with Gasteiger partial charge in [0.25, 0.3) is 0 Å². The predicted molar refractivity (Wildman–Crippen MR) is 79.9 cm³/mol. The molecule has 0 saturated heterocycles. The van der Waals surface area contributed by atoms with Crippen molar-refractivity contribution < 1.29 is 24.2 Å². The minimum atomic E-state index is -1.19. The first-order valence-electron chi connectivity index (χ1n) is 7.13. The van der Waals surface area contributed by atoms with Crippen LogP contribution in [0.25, 0.3) is 0 Å². The minimum absolute atomic E-state index is 0.00907. The van der Waals surface area contributed by atoms with E-state index in [-0.39, 0.29) is 13.2 Å². The van der Waals surface area contributed by atoms with E-state index in [9.17, 15) is 14.7 Å². The van der Waals surface area contributed by atoms with Gasteiger partial charge in [0, 0.05) is 6.54 Å². The zero-order valence-electron chi connectivity index (χ0n) is 13.0. The Hall–Kier alpha value is -2.24. The highest BCUT2D eigenvalue weighted by atomic mass is 16.6. The Labute approximate surface area is 129 Å². The van der Waals surface area contributed by atoms with Crippen molar-refractivity contribution in [2.24, 2.45) is 5.41 Å². The third-order valence-electron chi connectivity index (χ3n) is 3.43. The number of alkyl carbamates (subject to hydrolysis) is 1. The summed E-state index contributed by atoms with van der Waals surface area (Å²) < 4.78 is 10.7. The molecule has 2 N–H and O–H groups in total. The molecular weight excluding hydrogens is 286 g/mol. The summed E-state index contributed by atoms with van der Waals surface area (Å²) in [5, 5.41) is 12.1. The van der Waals surface area contributed by atoms with Crippen LogP contribution in [0.5, 0.6) is 5.75 Å². The first kappa shape index (κ1) is 16.1. The SMILES string of the molecule is CC(C)(C)OC(=O)NCC1(C(=O)O)COc2ccccc2C1. The van der Waals surface area contributed by atoms with E-state index in [1.54, 1.807) is 20.8 Å². The molecule has 22 heavy (non-hydrogen) atoms. The number of carboxylic acids is 1. The van der Waals surface area contributed by atoms with Crippen LogP contribution in [0, 0.1) is 5.41 Å². The summed E-state index contributed by atoms with van der Waals surface area (Å²) in [5.74, 6) is -0.310. The summed E-state index contributed by atoms with van der Waals surface area (Å²) in [7, 11) is 0. The van der Waals surface area contributed by atoms with Gasteiger partial charge in [-0.25, -0.2) is 4.79 Å². The van der Waals surface area contributed by atoms with Crippen LogP contribution < -0.4 is 10.1 Å². The Morgan fingerprint density at radius 3 is 2.68 bits per heavy atom. The van der Waals surface area contributed by atoms with E-state index < -0.39 is 23.1 Å². The van der Waals surface area contributed by atoms with Crippen LogP contribution >= 0.6 is 0 Å². The fraction of sp³-hybridized carbons (Fsp3) is 0.500. The number of carboxylic acid groups (broad SMARTS) is 1. The molecule has 0 aliphatic carbocycles. The average Bonchev–Trinajstić information content (AvgIpc) is 2.43. The number of carbonyl (C=O) groups is 2. The monoisotopic (exact) mass is 307 g/mol. The summed E-state index contributed by atoms with van der Waals surface area (Å²) in [6, 6.07) is 7.31. The van der Waals surface area contributed by atoms with Gasteiger partial charge in [-0.05, 0) is 38.8 Å². The molecule has 1 aliphatic rings. The van der Waals surface area contributed by atoms with Crippen molar-refractivity contribution in [3.05, 3.63) is 29.8 Å². The van der Waals surface area contributed by atoms with E-state index in [1.165, 1.54) is 0 Å². The molecular formula is C16H21NO5. The molecule has 1 aliphatic heterocycles. The molecule has 0 aromatic heterocycles. The lowest BCUT2D eigenvalue weighted by atomic mass is 9.80. The minimum Gasteiger partial charge on any atom is -0.492 e. The Bertz CT molecular complexity index is 578. The van der Waals surface area contributed by atoms with Crippen molar-refractivity contribution in [3.63, 3.8) is 0 Å². The van der Waals surface area contributed by atoms with Crippen LogP contribution in [0.3, 0.4) is 0 Å². The summed E-state index contributed by atoms with van der Waals surface area (Å²) in [6.07, 6.45) is -0.333. The molecule has 1 aromatic rings. The number of hydrogen-bond donors (Lipinski definition) is 2. The van der Waals surface area contributed by atoms with Crippen LogP contribution in [0.2, 0.25) is 0 Å². The molecule has 6 heteroatoms. The van der Waals surface area contributed by atoms with Gasteiger partial charge in [0.05, 0.1) is 0 Å². The number of amides is 1. The predicted octanol–water partition coefficient (Wildman–Crippen LogP) is 2.22. The largest absolute Gasteiger partial charge is 0.492 e. The molecule has 120 valence electrons. The number of ether oxygens (including phenoxy) is 2. The fourth-order valence-electron chi connectivity index (χ4n) is 2.30. The molecule has 0 saturated carbocycles. The third-order valence-corrected chi connectivity index (χ3v) is 3.43. The molecule has 1 unspecified atom stereocenters. The van der Waals surface area contributed by atoms with E-state index in [0.29, 0.717) is 12.2 Å². The van der Waals surface area contributed by atoms with E-state index in [1.807, 2.05) is 24.3 Å². The zero-order valence-corrected chi connectivity index (χ0v) is 13.0. The number of aliphatic carboxylic acids is 1. The second-order valence-electron chi connectivity index (χ2n) is 6.51. The summed E-state index contributed by atoms with van der Waals surface area (Å²) >= 11 is 0. The number of hydrogen-bond acceptors (Lipinski definition) is 4. The highest BCUT2D eigenvalue weighted by molar-refractivity contribution is 5.77. The van der Waals surface area contributed by atoms with Crippen LogP contribution in [-0.4, -0.2) is 35.9 Å². The van der Waals surface area contributed by atoms with Gasteiger partial charge in [-0.3, -0.25) is 4.79 Å². The molecule has 6 nitrogen and oxygen atoms in total. The number of benzene rings is 1. The Morgan fingerprint density at radius 1 is 1.36 bits per heavy atom. The van der Waals surface area contributed by atoms with E-state index >= 15 is 0 Å². The van der Waals surface area contributed by atoms with Gasteiger partial charge in [-0.2, -0.15) is 0 Å². The standard InChI is InChI=1S/C16H21NO5/c1-15(2,3)22-14(20)17-9-16(13(18)19)8-11-6-4-5-7-12(11)21-10-16/h4-7H,8-10H2,1-3H3,(H,17,20)(H,18,19). The average molecular weight is 307 g/mol. The third kappa shape index (κ3) is 3.69. The number of rotatable bonds is 3. The smallest absolute Gasteiger partial charge is 0.407 e. The molecule has 2 rings (SSSR count). The van der Waals surface area contributed by atoms with Crippen LogP contribution in [-0.2, 0) is 16.0 Å². The lowest BCUT2D eigenvalue weighted by Gasteiger charge is -2.34. The molecule has 1 aromatic carbocycles. The maximum absolute atomic E-state index is 11.7. The quantitative estimate of drug-likeness (QED) is 0.894. The summed E-state index contributed by atoms with van der Waals surface area (Å²) in [5.41, 5.74) is -0.997. The van der Waals surface area contributed by atoms with Crippen molar-refractivity contribution in [2.75, 3.05) is 13.2 Å². The van der Waals surface area contributed by atoms with Gasteiger partial charge in [0.2, 0.25) is 0 Å². The van der Waals surface area contributed by atoms with Crippen LogP contribution in [0.15, 0.2) is 24.3 Å². The maximum Gasteiger partial charge on any atom is 0.407 e. The molecule has 0 spiro atoms. The number of fused-ring (bicyclic) bond motifs is 1. The second kappa shape index (κ2) is 5.87. The van der Waals surface area contributed by atoms with Gasteiger partial charge in [0.15, 0.2) is 0 Å². The normalized spacial score (nSPS) is 20.5. The number of carbonyl (C=O) groups excluding carboxylic acids is 1. The molecule has 1 atom stereocenters. The van der Waals surface area contributed by atoms with Crippen molar-refractivity contribution in [1.29, 1.82) is 0 Å². The molecule has 0 fully saturated rings. The Kier molecular flexibility index (Phi) is 4.30. The summed E-state index contributed by atoms with van der Waals surface area (Å²) in [4.78, 5) is 23.5. The number of para-hydroxylation sites is 1. The van der Waals surface area contributed by atoms with E-state index in [2.05, 4.69) is 5.32 Å². The molecule has 1 heterocycles. The molecule has 0 bridgehead atoms. The van der Waals surface area contributed by atoms with E-state index in [4.69, 9.17) is 9.47 Å². The molecule has 1 amide bonds. The Morgan fingerprint density at radius 2 is 2.05 bits per heavy atom. The molecule has 0 radical (unpaired) electrons. The van der Waals surface area contributed by atoms with Crippen molar-refractivity contribution in [2.45, 2.75) is 32.8 Å². The Balaban J connectivity index is 2.08. The topological polar surface area (TPSA) is 84.9 Å². The lowest BCUT2D eigenvalue weighted by Crippen LogP contribution is -2.50. The second-order valence-corrected chi connectivity index (χ2v) is 6.51. The maximum atomic E-state index is 11.7. The first-order chi connectivity index (χ1) is 10.2. The fourth-order valence-corrected chi connectivity index (χ4v) is 2.30. The van der Waals surface area contributed by atoms with Gasteiger partial charge in [-0.15, -0.1) is 0 Å². The van der Waals surface area contributed by atoms with Gasteiger partial charge < -0.3 is 19.9 Å². The highest BCUT2D eigenvalue weighted by Crippen LogP contribution is 2.34.